The zero-order valence-electron chi connectivity index (χ0n) is 14.7. The smallest absolute Gasteiger partial charge is 0.334 e. The SMILES string of the molecule is CC(C)(C)NC(=O)NCc1ccc(C(F)(F)F)cc1-c1ccccc1Br. The number of benzene rings is 2. The third-order valence-corrected chi connectivity index (χ3v) is 4.22. The van der Waals surface area contributed by atoms with Gasteiger partial charge in [0.25, 0.3) is 0 Å². The van der Waals surface area contributed by atoms with E-state index in [0.29, 0.717) is 21.2 Å². The van der Waals surface area contributed by atoms with Crippen molar-refractivity contribution >= 4 is 22.0 Å². The molecule has 0 aromatic heterocycles. The number of hydrogen-bond acceptors (Lipinski definition) is 1. The number of carbonyl (C=O) groups excluding carboxylic acids is 1. The predicted octanol–water partition coefficient (Wildman–Crippen LogP) is 5.73. The van der Waals surface area contributed by atoms with Crippen molar-refractivity contribution in [1.29, 1.82) is 0 Å². The topological polar surface area (TPSA) is 41.1 Å². The minimum atomic E-state index is -4.44. The molecule has 2 amide bonds. The summed E-state index contributed by atoms with van der Waals surface area (Å²) in [6.07, 6.45) is -4.44. The van der Waals surface area contributed by atoms with Gasteiger partial charge in [-0.3, -0.25) is 0 Å². The number of carbonyl (C=O) groups is 1. The van der Waals surface area contributed by atoms with Crippen molar-refractivity contribution in [3.63, 3.8) is 0 Å². The molecule has 3 nitrogen and oxygen atoms in total. The Morgan fingerprint density at radius 3 is 2.27 bits per heavy atom. The van der Waals surface area contributed by atoms with Gasteiger partial charge < -0.3 is 10.6 Å². The minimum absolute atomic E-state index is 0.108. The third kappa shape index (κ3) is 5.49. The molecule has 0 aliphatic rings. The Balaban J connectivity index is 2.37. The second-order valence-electron chi connectivity index (χ2n) is 6.91. The van der Waals surface area contributed by atoms with Crippen molar-refractivity contribution in [3.05, 3.63) is 58.1 Å². The summed E-state index contributed by atoms with van der Waals surface area (Å²) in [6, 6.07) is 10.2. The van der Waals surface area contributed by atoms with E-state index in [1.54, 1.807) is 24.3 Å². The number of alkyl halides is 3. The molecule has 0 heterocycles. The number of nitrogens with one attached hydrogen (secondary N) is 2. The molecular weight excluding hydrogens is 409 g/mol. The van der Waals surface area contributed by atoms with Crippen LogP contribution >= 0.6 is 15.9 Å². The minimum Gasteiger partial charge on any atom is -0.334 e. The van der Waals surface area contributed by atoms with Crippen molar-refractivity contribution < 1.29 is 18.0 Å². The van der Waals surface area contributed by atoms with Gasteiger partial charge in [-0.05, 0) is 55.7 Å². The van der Waals surface area contributed by atoms with E-state index in [-0.39, 0.29) is 12.6 Å². The van der Waals surface area contributed by atoms with Gasteiger partial charge in [-0.2, -0.15) is 13.2 Å². The van der Waals surface area contributed by atoms with Crippen LogP contribution in [0.3, 0.4) is 0 Å². The standard InChI is InChI=1S/C19H20BrF3N2O/c1-18(2,3)25-17(26)24-11-12-8-9-13(19(21,22)23)10-15(12)14-6-4-5-7-16(14)20/h4-10H,11H2,1-3H3,(H2,24,25,26). The van der Waals surface area contributed by atoms with Crippen LogP contribution in [0.25, 0.3) is 11.1 Å². The lowest BCUT2D eigenvalue weighted by molar-refractivity contribution is -0.137. The highest BCUT2D eigenvalue weighted by Gasteiger charge is 2.31. The first-order valence-electron chi connectivity index (χ1n) is 7.98. The Morgan fingerprint density at radius 2 is 1.69 bits per heavy atom. The molecule has 140 valence electrons. The molecule has 7 heteroatoms. The van der Waals surface area contributed by atoms with E-state index in [2.05, 4.69) is 26.6 Å². The summed E-state index contributed by atoms with van der Waals surface area (Å²) in [6.45, 7) is 5.64. The molecule has 2 rings (SSSR count). The predicted molar refractivity (Wildman–Crippen MR) is 99.7 cm³/mol. The lowest BCUT2D eigenvalue weighted by atomic mass is 9.97. The van der Waals surface area contributed by atoms with Gasteiger partial charge in [0.2, 0.25) is 0 Å². The molecule has 0 saturated heterocycles. The molecule has 0 aliphatic carbocycles. The zero-order valence-corrected chi connectivity index (χ0v) is 16.3. The lowest BCUT2D eigenvalue weighted by Crippen LogP contribution is -2.46. The van der Waals surface area contributed by atoms with Crippen LogP contribution in [0.2, 0.25) is 0 Å². The van der Waals surface area contributed by atoms with Crippen LogP contribution < -0.4 is 10.6 Å². The molecule has 0 radical (unpaired) electrons. The first kappa shape index (κ1) is 20.3. The van der Waals surface area contributed by atoms with Gasteiger partial charge in [-0.1, -0.05) is 40.2 Å². The van der Waals surface area contributed by atoms with Crippen LogP contribution in [0.15, 0.2) is 46.9 Å². The summed E-state index contributed by atoms with van der Waals surface area (Å²) in [7, 11) is 0. The maximum absolute atomic E-state index is 13.1. The lowest BCUT2D eigenvalue weighted by Gasteiger charge is -2.21. The third-order valence-electron chi connectivity index (χ3n) is 3.53. The maximum atomic E-state index is 13.1. The van der Waals surface area contributed by atoms with Crippen molar-refractivity contribution in [2.45, 2.75) is 39.0 Å². The normalized spacial score (nSPS) is 12.0. The fourth-order valence-corrected chi connectivity index (χ4v) is 2.90. The highest BCUT2D eigenvalue weighted by atomic mass is 79.9. The van der Waals surface area contributed by atoms with Crippen LogP contribution in [-0.2, 0) is 12.7 Å². The van der Waals surface area contributed by atoms with Gasteiger partial charge in [-0.25, -0.2) is 4.79 Å². The molecule has 0 aliphatic heterocycles. The molecule has 26 heavy (non-hydrogen) atoms. The van der Waals surface area contributed by atoms with Crippen molar-refractivity contribution in [3.8, 4) is 11.1 Å². The molecule has 2 N–H and O–H groups in total. The van der Waals surface area contributed by atoms with Crippen LogP contribution in [0.4, 0.5) is 18.0 Å². The first-order valence-corrected chi connectivity index (χ1v) is 8.78. The Bertz CT molecular complexity index is 798. The molecule has 2 aromatic rings. The van der Waals surface area contributed by atoms with Crippen molar-refractivity contribution in [2.24, 2.45) is 0 Å². The van der Waals surface area contributed by atoms with Gasteiger partial charge in [0.15, 0.2) is 0 Å². The van der Waals surface area contributed by atoms with Gasteiger partial charge in [0.1, 0.15) is 0 Å². The second-order valence-corrected chi connectivity index (χ2v) is 7.76. The number of halogens is 4. The molecule has 0 unspecified atom stereocenters. The van der Waals surface area contributed by atoms with Crippen LogP contribution in [0.1, 0.15) is 31.9 Å². The monoisotopic (exact) mass is 428 g/mol. The molecule has 0 fully saturated rings. The Hall–Kier alpha value is -2.02. The highest BCUT2D eigenvalue weighted by Crippen LogP contribution is 2.36. The van der Waals surface area contributed by atoms with E-state index in [9.17, 15) is 18.0 Å². The number of rotatable bonds is 3. The van der Waals surface area contributed by atoms with Gasteiger partial charge in [0.05, 0.1) is 5.56 Å². The molecular formula is C19H20BrF3N2O. The fraction of sp³-hybridized carbons (Fsp3) is 0.316. The summed E-state index contributed by atoms with van der Waals surface area (Å²) in [5.41, 5.74) is 0.505. The molecule has 0 bridgehead atoms. The largest absolute Gasteiger partial charge is 0.416 e. The average Bonchev–Trinajstić information content (AvgIpc) is 2.51. The van der Waals surface area contributed by atoms with Crippen LogP contribution in [-0.4, -0.2) is 11.6 Å². The Kier molecular flexibility index (Phi) is 6.01. The van der Waals surface area contributed by atoms with Gasteiger partial charge in [0, 0.05) is 16.6 Å². The van der Waals surface area contributed by atoms with Crippen LogP contribution in [0.5, 0.6) is 0 Å². The summed E-state index contributed by atoms with van der Waals surface area (Å²) >= 11 is 3.38. The van der Waals surface area contributed by atoms with E-state index in [0.717, 1.165) is 12.1 Å². The first-order chi connectivity index (χ1) is 12.0. The maximum Gasteiger partial charge on any atom is 0.416 e. The number of hydrogen-bond donors (Lipinski definition) is 2. The van der Waals surface area contributed by atoms with E-state index < -0.39 is 17.3 Å². The molecule has 0 spiro atoms. The van der Waals surface area contributed by atoms with Gasteiger partial charge in [-0.15, -0.1) is 0 Å². The summed E-state index contributed by atoms with van der Waals surface area (Å²) in [5.74, 6) is 0. The fourth-order valence-electron chi connectivity index (χ4n) is 2.40. The number of amides is 2. The zero-order chi connectivity index (χ0) is 19.5. The summed E-state index contributed by atoms with van der Waals surface area (Å²) in [5, 5.41) is 5.45. The highest BCUT2D eigenvalue weighted by molar-refractivity contribution is 9.10. The summed E-state index contributed by atoms with van der Waals surface area (Å²) < 4.78 is 40.1. The quantitative estimate of drug-likeness (QED) is 0.643. The van der Waals surface area contributed by atoms with Gasteiger partial charge >= 0.3 is 12.2 Å². The van der Waals surface area contributed by atoms with E-state index in [1.807, 2.05) is 20.8 Å². The Morgan fingerprint density at radius 1 is 1.04 bits per heavy atom. The molecule has 2 aromatic carbocycles. The van der Waals surface area contributed by atoms with E-state index >= 15 is 0 Å². The van der Waals surface area contributed by atoms with Crippen molar-refractivity contribution in [1.82, 2.24) is 10.6 Å². The van der Waals surface area contributed by atoms with Crippen molar-refractivity contribution in [2.75, 3.05) is 0 Å². The summed E-state index contributed by atoms with van der Waals surface area (Å²) in [4.78, 5) is 12.0. The molecule has 0 atom stereocenters. The average molecular weight is 429 g/mol. The number of urea groups is 1. The van der Waals surface area contributed by atoms with Crippen LogP contribution in [0, 0.1) is 0 Å². The van der Waals surface area contributed by atoms with E-state index in [4.69, 9.17) is 0 Å². The van der Waals surface area contributed by atoms with E-state index in [1.165, 1.54) is 6.07 Å². The second kappa shape index (κ2) is 7.70. The Labute approximate surface area is 159 Å². The molecule has 0 saturated carbocycles.